The Labute approximate surface area is 248 Å². The Morgan fingerprint density at radius 1 is 0.800 bits per heavy atom. The fraction of sp³-hybridized carbons (Fsp3) is 0.138. The molecule has 0 bridgehead atoms. The highest BCUT2D eigenvalue weighted by molar-refractivity contribution is 5.98. The van der Waals surface area contributed by atoms with E-state index in [4.69, 9.17) is 9.47 Å². The first-order valence-corrected chi connectivity index (χ1v) is 12.5. The van der Waals surface area contributed by atoms with Crippen molar-refractivity contribution in [2.45, 2.75) is 18.1 Å². The molecule has 9 nitrogen and oxygen atoms in total. The number of dihydropyridines is 1. The van der Waals surface area contributed by atoms with Crippen molar-refractivity contribution in [3.63, 3.8) is 0 Å². The molecule has 1 heterocycles. The summed E-state index contributed by atoms with van der Waals surface area (Å²) in [5, 5.41) is 16.2. The molecule has 1 aliphatic heterocycles. The molecule has 0 fully saturated rings. The van der Waals surface area contributed by atoms with E-state index in [-0.39, 0.29) is 11.5 Å². The molecule has 0 saturated heterocycles. The lowest BCUT2D eigenvalue weighted by atomic mass is 10.0. The van der Waals surface area contributed by atoms with Crippen molar-refractivity contribution >= 4 is 17.8 Å². The third-order valence-corrected chi connectivity index (χ3v) is 6.13. The van der Waals surface area contributed by atoms with Crippen LogP contribution in [0.15, 0.2) is 90.4 Å². The number of rotatable bonds is 8. The summed E-state index contributed by atoms with van der Waals surface area (Å²) in [5.41, 5.74) is -7.89. The minimum absolute atomic E-state index is 0.304. The van der Waals surface area contributed by atoms with Crippen LogP contribution in [0.25, 0.3) is 0 Å². The molecule has 1 aliphatic rings. The van der Waals surface area contributed by atoms with Gasteiger partial charge in [0, 0.05) is 18.2 Å². The molecule has 0 saturated carbocycles. The van der Waals surface area contributed by atoms with Gasteiger partial charge in [-0.25, -0.2) is 9.18 Å². The molecule has 0 aliphatic carbocycles. The smallest absolute Gasteiger partial charge is 0.417 e. The molecular formula is C29H20F7N3O6. The molecule has 0 spiro atoms. The molecule has 4 N–H and O–H groups in total. The summed E-state index contributed by atoms with van der Waals surface area (Å²) in [6, 6.07) is 9.96. The Hall–Kier alpha value is -5.54. The van der Waals surface area contributed by atoms with E-state index in [1.165, 1.54) is 0 Å². The second-order valence-electron chi connectivity index (χ2n) is 9.23. The topological polar surface area (TPSA) is 126 Å². The van der Waals surface area contributed by atoms with E-state index in [0.717, 1.165) is 67.8 Å². The van der Waals surface area contributed by atoms with Crippen molar-refractivity contribution in [2.75, 3.05) is 7.11 Å². The standard InChI is InChI=1S/C29H20F7N3O6/c1-44-22-12-15(30)10-11-21(22)45-27(39-25(41)17-7-3-5-9-19(17)29(34,35)36)13-20(26(42)43)37-23(14-27)38-24(40)16-6-2-4-8-18(16)28(31,32)33/h2-14,37H,1H3,(H,38,40)(H,39,41)(H,42,43). The molecule has 236 valence electrons. The minimum atomic E-state index is -5.00. The van der Waals surface area contributed by atoms with Crippen molar-refractivity contribution in [1.29, 1.82) is 0 Å². The summed E-state index contributed by atoms with van der Waals surface area (Å²) in [6.07, 6.45) is -8.48. The number of carboxylic acids is 1. The van der Waals surface area contributed by atoms with Crippen LogP contribution in [0.5, 0.6) is 11.5 Å². The van der Waals surface area contributed by atoms with Crippen LogP contribution in [0.1, 0.15) is 31.8 Å². The van der Waals surface area contributed by atoms with Gasteiger partial charge in [-0.1, -0.05) is 24.3 Å². The zero-order valence-corrected chi connectivity index (χ0v) is 22.6. The molecule has 45 heavy (non-hydrogen) atoms. The highest BCUT2D eigenvalue weighted by Gasteiger charge is 2.41. The number of ether oxygens (including phenoxy) is 2. The van der Waals surface area contributed by atoms with Crippen LogP contribution in [-0.2, 0) is 17.1 Å². The van der Waals surface area contributed by atoms with E-state index in [1.54, 1.807) is 0 Å². The Morgan fingerprint density at radius 2 is 1.36 bits per heavy atom. The lowest BCUT2D eigenvalue weighted by molar-refractivity contribution is -0.138. The van der Waals surface area contributed by atoms with Gasteiger partial charge in [-0.15, -0.1) is 0 Å². The molecule has 4 rings (SSSR count). The van der Waals surface area contributed by atoms with E-state index in [9.17, 15) is 50.2 Å². The number of carbonyl (C=O) groups excluding carboxylic acids is 2. The fourth-order valence-electron chi connectivity index (χ4n) is 4.23. The van der Waals surface area contributed by atoms with E-state index in [1.807, 2.05) is 0 Å². The predicted molar refractivity (Wildman–Crippen MR) is 141 cm³/mol. The number of nitrogens with one attached hydrogen (secondary N) is 3. The number of carbonyl (C=O) groups is 3. The Balaban J connectivity index is 1.86. The Bertz CT molecular complexity index is 1720. The summed E-state index contributed by atoms with van der Waals surface area (Å²) in [6.45, 7) is 0. The highest BCUT2D eigenvalue weighted by Crippen LogP contribution is 2.35. The number of aliphatic carboxylic acids is 1. The summed E-state index contributed by atoms with van der Waals surface area (Å²) < 4.78 is 107. The van der Waals surface area contributed by atoms with Crippen LogP contribution >= 0.6 is 0 Å². The number of benzene rings is 3. The van der Waals surface area contributed by atoms with Gasteiger partial charge in [-0.3, -0.25) is 9.59 Å². The van der Waals surface area contributed by atoms with Gasteiger partial charge in [0.2, 0.25) is 5.72 Å². The first-order valence-electron chi connectivity index (χ1n) is 12.5. The predicted octanol–water partition coefficient (Wildman–Crippen LogP) is 5.22. The zero-order valence-electron chi connectivity index (χ0n) is 22.6. The lowest BCUT2D eigenvalue weighted by Crippen LogP contribution is -2.55. The number of methoxy groups -OCH3 is 1. The van der Waals surface area contributed by atoms with Crippen molar-refractivity contribution < 1.29 is 59.7 Å². The van der Waals surface area contributed by atoms with E-state index < -0.39 is 75.5 Å². The highest BCUT2D eigenvalue weighted by atomic mass is 19.4. The third-order valence-electron chi connectivity index (χ3n) is 6.13. The van der Waals surface area contributed by atoms with Gasteiger partial charge in [0.25, 0.3) is 11.8 Å². The van der Waals surface area contributed by atoms with E-state index in [2.05, 4.69) is 16.0 Å². The van der Waals surface area contributed by atoms with Crippen molar-refractivity contribution in [1.82, 2.24) is 16.0 Å². The van der Waals surface area contributed by atoms with Gasteiger partial charge >= 0.3 is 18.3 Å². The fourth-order valence-corrected chi connectivity index (χ4v) is 4.23. The second-order valence-corrected chi connectivity index (χ2v) is 9.23. The van der Waals surface area contributed by atoms with Crippen LogP contribution < -0.4 is 25.4 Å². The van der Waals surface area contributed by atoms with Crippen LogP contribution in [0, 0.1) is 5.82 Å². The first-order chi connectivity index (χ1) is 21.0. The number of amides is 2. The molecular weight excluding hydrogens is 619 g/mol. The molecule has 1 unspecified atom stereocenters. The quantitative estimate of drug-likeness (QED) is 0.197. The van der Waals surface area contributed by atoms with E-state index in [0.29, 0.717) is 18.2 Å². The Morgan fingerprint density at radius 3 is 1.89 bits per heavy atom. The summed E-state index contributed by atoms with van der Waals surface area (Å²) in [7, 11) is 1.10. The SMILES string of the molecule is COc1cc(F)ccc1OC1(NC(=O)c2ccccc2C(F)(F)F)C=C(NC(=O)c2ccccc2C(F)(F)F)NC(C(=O)O)=C1. The maximum Gasteiger partial charge on any atom is 0.417 e. The van der Waals surface area contributed by atoms with Crippen LogP contribution in [0.2, 0.25) is 0 Å². The maximum atomic E-state index is 13.9. The number of halogens is 7. The third kappa shape index (κ3) is 7.34. The van der Waals surface area contributed by atoms with Crippen molar-refractivity contribution in [2.24, 2.45) is 0 Å². The molecule has 3 aromatic carbocycles. The van der Waals surface area contributed by atoms with E-state index >= 15 is 0 Å². The van der Waals surface area contributed by atoms with Gasteiger partial charge in [0.05, 0.1) is 29.4 Å². The number of hydrogen-bond donors (Lipinski definition) is 4. The molecule has 2 amide bonds. The molecule has 1 atom stereocenters. The van der Waals surface area contributed by atoms with Crippen molar-refractivity contribution in [3.05, 3.63) is 118 Å². The minimum Gasteiger partial charge on any atom is -0.493 e. The first kappa shape index (κ1) is 32.4. The number of alkyl halides is 6. The second kappa shape index (κ2) is 12.2. The van der Waals surface area contributed by atoms with Gasteiger partial charge in [-0.05, 0) is 36.4 Å². The number of hydrogen-bond acceptors (Lipinski definition) is 6. The monoisotopic (exact) mass is 639 g/mol. The molecule has 0 radical (unpaired) electrons. The zero-order chi connectivity index (χ0) is 33.2. The average molecular weight is 639 g/mol. The van der Waals surface area contributed by atoms with Crippen LogP contribution in [-0.4, -0.2) is 35.7 Å². The average Bonchev–Trinajstić information content (AvgIpc) is 2.97. The van der Waals surface area contributed by atoms with Gasteiger partial charge < -0.3 is 30.5 Å². The van der Waals surface area contributed by atoms with Crippen LogP contribution in [0.3, 0.4) is 0 Å². The maximum absolute atomic E-state index is 13.9. The summed E-state index contributed by atoms with van der Waals surface area (Å²) in [5.74, 6) is -6.70. The largest absolute Gasteiger partial charge is 0.493 e. The summed E-state index contributed by atoms with van der Waals surface area (Å²) >= 11 is 0. The lowest BCUT2D eigenvalue weighted by Gasteiger charge is -2.34. The molecule has 3 aromatic rings. The van der Waals surface area contributed by atoms with Gasteiger partial charge in [0.15, 0.2) is 11.5 Å². The van der Waals surface area contributed by atoms with Gasteiger partial charge in [0.1, 0.15) is 17.3 Å². The van der Waals surface area contributed by atoms with Crippen LogP contribution in [0.4, 0.5) is 30.7 Å². The van der Waals surface area contributed by atoms with Gasteiger partial charge in [-0.2, -0.15) is 26.3 Å². The summed E-state index contributed by atoms with van der Waals surface area (Å²) in [4.78, 5) is 38.4. The molecule has 16 heteroatoms. The van der Waals surface area contributed by atoms with Crippen molar-refractivity contribution in [3.8, 4) is 11.5 Å². The molecule has 0 aromatic heterocycles. The number of carboxylic acid groups (broad SMARTS) is 1. The Kier molecular flexibility index (Phi) is 8.79. The normalized spacial score (nSPS) is 16.4.